The lowest BCUT2D eigenvalue weighted by Crippen LogP contribution is -2.24. The summed E-state index contributed by atoms with van der Waals surface area (Å²) < 4.78 is 0. The molecule has 0 spiro atoms. The van der Waals surface area contributed by atoms with Crippen LogP contribution in [0.3, 0.4) is 0 Å². The molecule has 3 heteroatoms. The zero-order valence-electron chi connectivity index (χ0n) is 11.5. The maximum atomic E-state index is 12.3. The van der Waals surface area contributed by atoms with Crippen LogP contribution in [0.25, 0.3) is 0 Å². The molecular weight excluding hydrogens is 246 g/mol. The van der Waals surface area contributed by atoms with Crippen molar-refractivity contribution in [2.75, 3.05) is 14.1 Å². The van der Waals surface area contributed by atoms with Gasteiger partial charge in [-0.2, -0.15) is 0 Å². The molecule has 0 aliphatic heterocycles. The van der Waals surface area contributed by atoms with Crippen molar-refractivity contribution in [3.05, 3.63) is 33.8 Å². The minimum absolute atomic E-state index is 0.0445. The summed E-state index contributed by atoms with van der Waals surface area (Å²) in [7, 11) is 3.56. The first-order valence-electron chi connectivity index (χ1n) is 6.46. The first-order chi connectivity index (χ1) is 8.41. The first-order valence-corrected chi connectivity index (χ1v) is 6.84. The molecule has 1 fully saturated rings. The molecule has 2 rings (SSSR count). The smallest absolute Gasteiger partial charge is 0.253 e. The minimum Gasteiger partial charge on any atom is -0.345 e. The van der Waals surface area contributed by atoms with Gasteiger partial charge in [0.1, 0.15) is 0 Å². The lowest BCUT2D eigenvalue weighted by molar-refractivity contribution is 0.0826. The molecule has 1 saturated carbocycles. The van der Waals surface area contributed by atoms with Gasteiger partial charge in [-0.15, -0.1) is 0 Å². The van der Waals surface area contributed by atoms with E-state index in [1.54, 1.807) is 19.0 Å². The highest BCUT2D eigenvalue weighted by molar-refractivity contribution is 6.31. The van der Waals surface area contributed by atoms with Gasteiger partial charge in [0, 0.05) is 24.7 Å². The van der Waals surface area contributed by atoms with E-state index in [1.807, 2.05) is 12.1 Å². The molecule has 0 unspecified atom stereocenters. The Hall–Kier alpha value is -1.02. The molecule has 1 aliphatic carbocycles. The Kier molecular flexibility index (Phi) is 3.67. The summed E-state index contributed by atoms with van der Waals surface area (Å²) in [4.78, 5) is 13.9. The van der Waals surface area contributed by atoms with Gasteiger partial charge in [-0.3, -0.25) is 4.79 Å². The number of carbonyl (C=O) groups excluding carboxylic acids is 1. The Labute approximate surface area is 114 Å². The SMILES string of the molecule is CC(C)c1c(C(=O)N(C)C)cc(Cl)cc1C1CC1. The maximum absolute atomic E-state index is 12.3. The van der Waals surface area contributed by atoms with Crippen molar-refractivity contribution < 1.29 is 4.79 Å². The average molecular weight is 266 g/mol. The van der Waals surface area contributed by atoms with Crippen LogP contribution in [0.4, 0.5) is 0 Å². The first kappa shape index (κ1) is 13.4. The molecule has 0 bridgehead atoms. The van der Waals surface area contributed by atoms with Gasteiger partial charge in [0.05, 0.1) is 0 Å². The second kappa shape index (κ2) is 4.93. The van der Waals surface area contributed by atoms with Crippen LogP contribution in [-0.2, 0) is 0 Å². The second-order valence-corrected chi connectivity index (χ2v) is 6.02. The monoisotopic (exact) mass is 265 g/mol. The fourth-order valence-electron chi connectivity index (χ4n) is 2.43. The number of hydrogen-bond donors (Lipinski definition) is 0. The molecule has 1 aromatic carbocycles. The number of benzene rings is 1. The van der Waals surface area contributed by atoms with Crippen LogP contribution in [0.2, 0.25) is 5.02 Å². The van der Waals surface area contributed by atoms with E-state index in [0.29, 0.717) is 16.9 Å². The highest BCUT2D eigenvalue weighted by Gasteiger charge is 2.30. The Morgan fingerprint density at radius 2 is 1.94 bits per heavy atom. The molecule has 0 radical (unpaired) electrons. The normalized spacial score (nSPS) is 15.0. The van der Waals surface area contributed by atoms with Gasteiger partial charge in [-0.05, 0) is 47.9 Å². The topological polar surface area (TPSA) is 20.3 Å². The Balaban J connectivity index is 2.59. The van der Waals surface area contributed by atoms with Crippen molar-refractivity contribution in [1.29, 1.82) is 0 Å². The number of halogens is 1. The number of amides is 1. The molecule has 98 valence electrons. The standard InChI is InChI=1S/C15H20ClNO/c1-9(2)14-12(10-5-6-10)7-11(16)8-13(14)15(18)17(3)4/h7-10H,5-6H2,1-4H3. The van der Waals surface area contributed by atoms with E-state index in [9.17, 15) is 4.79 Å². The minimum atomic E-state index is 0.0445. The van der Waals surface area contributed by atoms with Crippen molar-refractivity contribution in [2.24, 2.45) is 0 Å². The highest BCUT2D eigenvalue weighted by Crippen LogP contribution is 2.45. The Bertz CT molecular complexity index is 476. The molecule has 18 heavy (non-hydrogen) atoms. The van der Waals surface area contributed by atoms with E-state index < -0.39 is 0 Å². The third-order valence-corrected chi connectivity index (χ3v) is 3.63. The van der Waals surface area contributed by atoms with Crippen LogP contribution < -0.4 is 0 Å². The van der Waals surface area contributed by atoms with Gasteiger partial charge in [-0.1, -0.05) is 25.4 Å². The summed E-state index contributed by atoms with van der Waals surface area (Å²) >= 11 is 6.18. The van der Waals surface area contributed by atoms with E-state index in [4.69, 9.17) is 11.6 Å². The summed E-state index contributed by atoms with van der Waals surface area (Å²) in [5.41, 5.74) is 3.23. The van der Waals surface area contributed by atoms with Crippen molar-refractivity contribution in [3.63, 3.8) is 0 Å². The van der Waals surface area contributed by atoms with Crippen LogP contribution >= 0.6 is 11.6 Å². The summed E-state index contributed by atoms with van der Waals surface area (Å²) in [6.07, 6.45) is 2.44. The number of rotatable bonds is 3. The lowest BCUT2D eigenvalue weighted by Gasteiger charge is -2.20. The molecule has 0 atom stereocenters. The quantitative estimate of drug-likeness (QED) is 0.808. The Morgan fingerprint density at radius 1 is 1.33 bits per heavy atom. The lowest BCUT2D eigenvalue weighted by atomic mass is 9.89. The third-order valence-electron chi connectivity index (χ3n) is 3.41. The molecule has 1 aliphatic rings. The molecule has 0 N–H and O–H groups in total. The molecule has 1 amide bonds. The second-order valence-electron chi connectivity index (χ2n) is 5.58. The fraction of sp³-hybridized carbons (Fsp3) is 0.533. The van der Waals surface area contributed by atoms with E-state index >= 15 is 0 Å². The number of hydrogen-bond acceptors (Lipinski definition) is 1. The summed E-state index contributed by atoms with van der Waals surface area (Å²) in [5, 5.41) is 0.673. The van der Waals surface area contributed by atoms with Crippen LogP contribution in [-0.4, -0.2) is 24.9 Å². The predicted octanol–water partition coefficient (Wildman–Crippen LogP) is 4.04. The van der Waals surface area contributed by atoms with E-state index in [0.717, 1.165) is 5.56 Å². The van der Waals surface area contributed by atoms with Crippen molar-refractivity contribution in [2.45, 2.75) is 38.5 Å². The number of nitrogens with zero attached hydrogens (tertiary/aromatic N) is 1. The third kappa shape index (κ3) is 2.54. The molecule has 0 saturated heterocycles. The fourth-order valence-corrected chi connectivity index (χ4v) is 2.66. The summed E-state index contributed by atoms with van der Waals surface area (Å²) in [6, 6.07) is 3.85. The van der Waals surface area contributed by atoms with E-state index in [-0.39, 0.29) is 5.91 Å². The van der Waals surface area contributed by atoms with Crippen LogP contribution in [0, 0.1) is 0 Å². The van der Waals surface area contributed by atoms with Crippen LogP contribution in [0.15, 0.2) is 12.1 Å². The molecule has 2 nitrogen and oxygen atoms in total. The summed E-state index contributed by atoms with van der Waals surface area (Å²) in [5.74, 6) is 0.995. The van der Waals surface area contributed by atoms with Gasteiger partial charge in [0.15, 0.2) is 0 Å². The average Bonchev–Trinajstić information content (AvgIpc) is 3.09. The summed E-state index contributed by atoms with van der Waals surface area (Å²) in [6.45, 7) is 4.28. The molecular formula is C15H20ClNO. The zero-order chi connectivity index (χ0) is 13.4. The molecule has 0 heterocycles. The van der Waals surface area contributed by atoms with Crippen LogP contribution in [0.5, 0.6) is 0 Å². The number of carbonyl (C=O) groups is 1. The Morgan fingerprint density at radius 3 is 2.39 bits per heavy atom. The van der Waals surface area contributed by atoms with Gasteiger partial charge in [0.2, 0.25) is 0 Å². The predicted molar refractivity (Wildman–Crippen MR) is 75.5 cm³/mol. The van der Waals surface area contributed by atoms with E-state index in [2.05, 4.69) is 13.8 Å². The van der Waals surface area contributed by atoms with E-state index in [1.165, 1.54) is 24.0 Å². The van der Waals surface area contributed by atoms with Crippen molar-refractivity contribution in [3.8, 4) is 0 Å². The van der Waals surface area contributed by atoms with Crippen molar-refractivity contribution >= 4 is 17.5 Å². The van der Waals surface area contributed by atoms with Crippen LogP contribution in [0.1, 0.15) is 60.0 Å². The molecule has 0 aromatic heterocycles. The highest BCUT2D eigenvalue weighted by atomic mass is 35.5. The van der Waals surface area contributed by atoms with Crippen molar-refractivity contribution in [1.82, 2.24) is 4.90 Å². The van der Waals surface area contributed by atoms with Gasteiger partial charge in [0.25, 0.3) is 5.91 Å². The maximum Gasteiger partial charge on any atom is 0.253 e. The molecule has 1 aromatic rings. The van der Waals surface area contributed by atoms with Gasteiger partial charge >= 0.3 is 0 Å². The largest absolute Gasteiger partial charge is 0.345 e. The van der Waals surface area contributed by atoms with Gasteiger partial charge in [-0.25, -0.2) is 0 Å². The van der Waals surface area contributed by atoms with Gasteiger partial charge < -0.3 is 4.90 Å². The zero-order valence-corrected chi connectivity index (χ0v) is 12.2.